The monoisotopic (exact) mass is 181 g/mol. The van der Waals surface area contributed by atoms with Crippen LogP contribution in [0.4, 0.5) is 0 Å². The van der Waals surface area contributed by atoms with E-state index >= 15 is 0 Å². The SMILES string of the molecule is CC1CNC(C)(C)c2ccsc21. The Bertz CT molecular complexity index is 288. The van der Waals surface area contributed by atoms with Gasteiger partial charge in [0.1, 0.15) is 0 Å². The molecule has 66 valence electrons. The maximum atomic E-state index is 3.56. The summed E-state index contributed by atoms with van der Waals surface area (Å²) < 4.78 is 0. The summed E-state index contributed by atoms with van der Waals surface area (Å²) in [5, 5.41) is 5.76. The Labute approximate surface area is 77.8 Å². The van der Waals surface area contributed by atoms with E-state index in [1.807, 2.05) is 11.3 Å². The first-order chi connectivity index (χ1) is 5.61. The van der Waals surface area contributed by atoms with Crippen LogP contribution in [0.5, 0.6) is 0 Å². The van der Waals surface area contributed by atoms with Crippen LogP contribution in [0.2, 0.25) is 0 Å². The zero-order chi connectivity index (χ0) is 8.77. The average molecular weight is 181 g/mol. The van der Waals surface area contributed by atoms with Gasteiger partial charge in [-0.15, -0.1) is 11.3 Å². The Morgan fingerprint density at radius 3 is 3.00 bits per heavy atom. The normalized spacial score (nSPS) is 26.8. The van der Waals surface area contributed by atoms with E-state index in [1.165, 1.54) is 5.56 Å². The molecule has 0 saturated carbocycles. The lowest BCUT2D eigenvalue weighted by molar-refractivity contribution is 0.365. The number of thiophene rings is 1. The topological polar surface area (TPSA) is 12.0 Å². The zero-order valence-corrected chi connectivity index (χ0v) is 8.66. The maximum absolute atomic E-state index is 3.56. The van der Waals surface area contributed by atoms with Gasteiger partial charge in [0, 0.05) is 22.9 Å². The van der Waals surface area contributed by atoms with E-state index in [4.69, 9.17) is 0 Å². The Morgan fingerprint density at radius 2 is 2.33 bits per heavy atom. The molecule has 1 unspecified atom stereocenters. The summed E-state index contributed by atoms with van der Waals surface area (Å²) in [6.07, 6.45) is 0. The molecule has 0 bridgehead atoms. The lowest BCUT2D eigenvalue weighted by Crippen LogP contribution is -2.42. The van der Waals surface area contributed by atoms with Crippen LogP contribution in [0.3, 0.4) is 0 Å². The van der Waals surface area contributed by atoms with Gasteiger partial charge in [0.05, 0.1) is 0 Å². The summed E-state index contributed by atoms with van der Waals surface area (Å²) in [6, 6.07) is 2.25. The molecule has 2 heteroatoms. The molecule has 0 aromatic carbocycles. The van der Waals surface area contributed by atoms with E-state index in [0.29, 0.717) is 5.92 Å². The molecule has 0 spiro atoms. The van der Waals surface area contributed by atoms with Crippen molar-refractivity contribution in [3.63, 3.8) is 0 Å². The Kier molecular flexibility index (Phi) is 1.77. The van der Waals surface area contributed by atoms with Gasteiger partial charge in [-0.2, -0.15) is 0 Å². The molecular weight excluding hydrogens is 166 g/mol. The Morgan fingerprint density at radius 1 is 1.58 bits per heavy atom. The first-order valence-corrected chi connectivity index (χ1v) is 5.32. The van der Waals surface area contributed by atoms with Gasteiger partial charge < -0.3 is 5.32 Å². The summed E-state index contributed by atoms with van der Waals surface area (Å²) >= 11 is 1.90. The summed E-state index contributed by atoms with van der Waals surface area (Å²) in [5.41, 5.74) is 1.67. The molecule has 1 aliphatic rings. The highest BCUT2D eigenvalue weighted by Crippen LogP contribution is 2.36. The van der Waals surface area contributed by atoms with Crippen LogP contribution in [-0.4, -0.2) is 6.54 Å². The van der Waals surface area contributed by atoms with Gasteiger partial charge in [0.15, 0.2) is 0 Å². The fraction of sp³-hybridized carbons (Fsp3) is 0.600. The molecule has 1 atom stereocenters. The zero-order valence-electron chi connectivity index (χ0n) is 7.85. The number of fused-ring (bicyclic) bond motifs is 1. The second-order valence-corrected chi connectivity index (χ2v) is 5.05. The van der Waals surface area contributed by atoms with Gasteiger partial charge in [0.25, 0.3) is 0 Å². The largest absolute Gasteiger partial charge is 0.307 e. The highest BCUT2D eigenvalue weighted by molar-refractivity contribution is 7.10. The van der Waals surface area contributed by atoms with Crippen LogP contribution in [0.25, 0.3) is 0 Å². The minimum atomic E-state index is 0.182. The number of rotatable bonds is 0. The maximum Gasteiger partial charge on any atom is 0.0388 e. The fourth-order valence-electron chi connectivity index (χ4n) is 1.82. The molecule has 0 fully saturated rings. The van der Waals surface area contributed by atoms with Crippen LogP contribution < -0.4 is 5.32 Å². The van der Waals surface area contributed by atoms with Crippen LogP contribution in [0.15, 0.2) is 11.4 Å². The highest BCUT2D eigenvalue weighted by atomic mass is 32.1. The standard InChI is InChI=1S/C10H15NS/c1-7-6-11-10(2,3)8-4-5-12-9(7)8/h4-5,7,11H,6H2,1-3H3. The van der Waals surface area contributed by atoms with Gasteiger partial charge in [0.2, 0.25) is 0 Å². The number of hydrogen-bond donors (Lipinski definition) is 1. The first-order valence-electron chi connectivity index (χ1n) is 4.44. The fourth-order valence-corrected chi connectivity index (χ4v) is 2.93. The van der Waals surface area contributed by atoms with Crippen molar-refractivity contribution in [1.82, 2.24) is 5.32 Å². The van der Waals surface area contributed by atoms with Gasteiger partial charge in [-0.05, 0) is 30.9 Å². The van der Waals surface area contributed by atoms with Crippen molar-refractivity contribution in [1.29, 1.82) is 0 Å². The van der Waals surface area contributed by atoms with E-state index < -0.39 is 0 Å². The second-order valence-electron chi connectivity index (χ2n) is 4.11. The van der Waals surface area contributed by atoms with Crippen molar-refractivity contribution in [2.24, 2.45) is 0 Å². The molecule has 0 saturated heterocycles. The van der Waals surface area contributed by atoms with Crippen molar-refractivity contribution in [2.45, 2.75) is 32.2 Å². The van der Waals surface area contributed by atoms with Crippen molar-refractivity contribution >= 4 is 11.3 Å². The summed E-state index contributed by atoms with van der Waals surface area (Å²) in [7, 11) is 0. The Balaban J connectivity index is 2.50. The first kappa shape index (κ1) is 8.27. The molecule has 2 heterocycles. The van der Waals surface area contributed by atoms with E-state index in [1.54, 1.807) is 4.88 Å². The molecule has 1 aromatic heterocycles. The van der Waals surface area contributed by atoms with Gasteiger partial charge in [-0.1, -0.05) is 6.92 Å². The van der Waals surface area contributed by atoms with Crippen molar-refractivity contribution in [3.8, 4) is 0 Å². The van der Waals surface area contributed by atoms with E-state index in [0.717, 1.165) is 6.54 Å². The molecular formula is C10H15NS. The quantitative estimate of drug-likeness (QED) is 0.649. The van der Waals surface area contributed by atoms with Crippen molar-refractivity contribution in [3.05, 3.63) is 21.9 Å². The molecule has 0 amide bonds. The highest BCUT2D eigenvalue weighted by Gasteiger charge is 2.30. The van der Waals surface area contributed by atoms with Crippen LogP contribution >= 0.6 is 11.3 Å². The van der Waals surface area contributed by atoms with Gasteiger partial charge >= 0.3 is 0 Å². The number of hydrogen-bond acceptors (Lipinski definition) is 2. The minimum Gasteiger partial charge on any atom is -0.307 e. The summed E-state index contributed by atoms with van der Waals surface area (Å²) in [4.78, 5) is 1.57. The lowest BCUT2D eigenvalue weighted by Gasteiger charge is -2.34. The molecule has 2 rings (SSSR count). The van der Waals surface area contributed by atoms with Crippen LogP contribution in [0.1, 0.15) is 37.1 Å². The summed E-state index contributed by atoms with van der Waals surface area (Å²) in [6.45, 7) is 7.91. The van der Waals surface area contributed by atoms with E-state index in [-0.39, 0.29) is 5.54 Å². The molecule has 0 radical (unpaired) electrons. The third-order valence-electron chi connectivity index (χ3n) is 2.67. The smallest absolute Gasteiger partial charge is 0.0388 e. The molecule has 1 N–H and O–H groups in total. The van der Waals surface area contributed by atoms with Crippen LogP contribution in [-0.2, 0) is 5.54 Å². The van der Waals surface area contributed by atoms with Crippen LogP contribution in [0, 0.1) is 0 Å². The predicted octanol–water partition coefficient (Wildman–Crippen LogP) is 2.69. The lowest BCUT2D eigenvalue weighted by atomic mass is 9.87. The van der Waals surface area contributed by atoms with E-state index in [9.17, 15) is 0 Å². The molecule has 1 nitrogen and oxygen atoms in total. The average Bonchev–Trinajstić information content (AvgIpc) is 2.46. The summed E-state index contributed by atoms with van der Waals surface area (Å²) in [5.74, 6) is 0.688. The number of nitrogens with one attached hydrogen (secondary N) is 1. The van der Waals surface area contributed by atoms with Crippen molar-refractivity contribution in [2.75, 3.05) is 6.54 Å². The minimum absolute atomic E-state index is 0.182. The Hall–Kier alpha value is -0.340. The van der Waals surface area contributed by atoms with E-state index in [2.05, 4.69) is 37.5 Å². The van der Waals surface area contributed by atoms with Gasteiger partial charge in [-0.3, -0.25) is 0 Å². The van der Waals surface area contributed by atoms with Gasteiger partial charge in [-0.25, -0.2) is 0 Å². The third kappa shape index (κ3) is 1.10. The second kappa shape index (κ2) is 2.57. The molecule has 0 aliphatic carbocycles. The molecule has 12 heavy (non-hydrogen) atoms. The molecule has 1 aromatic rings. The molecule has 1 aliphatic heterocycles. The third-order valence-corrected chi connectivity index (χ3v) is 3.81. The predicted molar refractivity (Wildman–Crippen MR) is 53.8 cm³/mol. The van der Waals surface area contributed by atoms with Crippen molar-refractivity contribution < 1.29 is 0 Å².